The Morgan fingerprint density at radius 3 is 1.64 bits per heavy atom. The third-order valence-electron chi connectivity index (χ3n) is 6.07. The number of rotatable bonds is 13. The van der Waals surface area contributed by atoms with Crippen LogP contribution in [0.2, 0.25) is 0 Å². The van der Waals surface area contributed by atoms with E-state index in [0.29, 0.717) is 74.1 Å². The summed E-state index contributed by atoms with van der Waals surface area (Å²) < 4.78 is 23.5. The SMILES string of the molecule is CCOP(=O)(CCCCN1C/C(=C\c2ccc([N+](=O)[O-])cc2)C(=O)/C(=C/c2ccc([N+](=O)[O-])cc2)C1)OCC. The molecule has 0 bridgehead atoms. The molecule has 0 atom stereocenters. The highest BCUT2D eigenvalue weighted by Gasteiger charge is 2.27. The minimum absolute atomic E-state index is 0.0381. The monoisotopic (exact) mass is 557 g/mol. The highest BCUT2D eigenvalue weighted by Crippen LogP contribution is 2.48. The molecule has 1 fully saturated rings. The summed E-state index contributed by atoms with van der Waals surface area (Å²) in [5, 5.41) is 22.0. The van der Waals surface area contributed by atoms with Crippen LogP contribution in [0.25, 0.3) is 12.2 Å². The summed E-state index contributed by atoms with van der Waals surface area (Å²) in [5.41, 5.74) is 2.30. The first kappa shape index (κ1) is 30.0. The van der Waals surface area contributed by atoms with Crippen LogP contribution in [0, 0.1) is 20.2 Å². The van der Waals surface area contributed by atoms with Crippen LogP contribution in [-0.4, -0.2) is 59.5 Å². The molecule has 12 heteroatoms. The Balaban J connectivity index is 1.80. The van der Waals surface area contributed by atoms with E-state index in [1.807, 2.05) is 0 Å². The highest BCUT2D eigenvalue weighted by atomic mass is 31.2. The molecule has 1 aliphatic rings. The molecular weight excluding hydrogens is 525 g/mol. The number of piperidine rings is 1. The molecule has 0 radical (unpaired) electrons. The van der Waals surface area contributed by atoms with Crippen LogP contribution >= 0.6 is 7.60 Å². The van der Waals surface area contributed by atoms with Crippen molar-refractivity contribution < 1.29 is 28.3 Å². The maximum atomic E-state index is 13.4. The quantitative estimate of drug-likeness (QED) is 0.0967. The predicted molar refractivity (Wildman–Crippen MR) is 149 cm³/mol. The molecule has 0 amide bonds. The zero-order chi connectivity index (χ0) is 28.4. The number of nitro benzene ring substituents is 2. The van der Waals surface area contributed by atoms with E-state index in [1.54, 1.807) is 50.3 Å². The van der Waals surface area contributed by atoms with Gasteiger partial charge in [0.1, 0.15) is 0 Å². The van der Waals surface area contributed by atoms with Crippen LogP contribution in [-0.2, 0) is 18.4 Å². The second kappa shape index (κ2) is 14.0. The second-order valence-electron chi connectivity index (χ2n) is 8.95. The smallest absolute Gasteiger partial charge is 0.309 e. The topological polar surface area (TPSA) is 142 Å². The molecule has 0 spiro atoms. The van der Waals surface area contributed by atoms with E-state index in [4.69, 9.17) is 9.05 Å². The van der Waals surface area contributed by atoms with Crippen molar-refractivity contribution >= 4 is 36.9 Å². The molecule has 0 aliphatic carbocycles. The fourth-order valence-corrected chi connectivity index (χ4v) is 5.99. The molecule has 0 unspecified atom stereocenters. The molecule has 11 nitrogen and oxygen atoms in total. The number of benzene rings is 2. The van der Waals surface area contributed by atoms with Gasteiger partial charge in [0.15, 0.2) is 5.78 Å². The van der Waals surface area contributed by atoms with Gasteiger partial charge in [-0.05, 0) is 80.8 Å². The average molecular weight is 558 g/mol. The zero-order valence-electron chi connectivity index (χ0n) is 22.0. The number of ketones is 1. The summed E-state index contributed by atoms with van der Waals surface area (Å²) in [6.07, 6.45) is 5.07. The Morgan fingerprint density at radius 1 is 0.821 bits per heavy atom. The minimum Gasteiger partial charge on any atom is -0.309 e. The maximum Gasteiger partial charge on any atom is 0.330 e. The number of non-ortho nitro benzene ring substituents is 2. The van der Waals surface area contributed by atoms with Crippen molar-refractivity contribution in [1.82, 2.24) is 4.90 Å². The Kier molecular flexibility index (Phi) is 10.8. The van der Waals surface area contributed by atoms with Gasteiger partial charge in [0.05, 0.1) is 29.2 Å². The Bertz CT molecular complexity index is 1200. The van der Waals surface area contributed by atoms with Gasteiger partial charge in [0, 0.05) is 48.5 Å². The van der Waals surface area contributed by atoms with Crippen molar-refractivity contribution in [3.63, 3.8) is 0 Å². The van der Waals surface area contributed by atoms with Crippen molar-refractivity contribution in [3.8, 4) is 0 Å². The lowest BCUT2D eigenvalue weighted by Gasteiger charge is -2.30. The van der Waals surface area contributed by atoms with E-state index in [-0.39, 0.29) is 17.2 Å². The van der Waals surface area contributed by atoms with Gasteiger partial charge in [-0.15, -0.1) is 0 Å². The lowest BCUT2D eigenvalue weighted by Crippen LogP contribution is -2.38. The average Bonchev–Trinajstić information content (AvgIpc) is 2.90. The minimum atomic E-state index is -3.13. The molecular formula is C27H32N3O8P. The summed E-state index contributed by atoms with van der Waals surface area (Å²) in [7, 11) is -3.13. The van der Waals surface area contributed by atoms with Gasteiger partial charge >= 0.3 is 7.60 Å². The van der Waals surface area contributed by atoms with E-state index >= 15 is 0 Å². The molecule has 0 aromatic heterocycles. The summed E-state index contributed by atoms with van der Waals surface area (Å²) in [6.45, 7) is 5.53. The molecule has 39 heavy (non-hydrogen) atoms. The summed E-state index contributed by atoms with van der Waals surface area (Å²) in [6, 6.07) is 11.9. The van der Waals surface area contributed by atoms with Crippen molar-refractivity contribution in [3.05, 3.63) is 91.0 Å². The lowest BCUT2D eigenvalue weighted by molar-refractivity contribution is -0.385. The molecule has 1 heterocycles. The zero-order valence-corrected chi connectivity index (χ0v) is 22.9. The second-order valence-corrected chi connectivity index (χ2v) is 11.1. The fraction of sp³-hybridized carbons (Fsp3) is 0.370. The maximum absolute atomic E-state index is 13.4. The Labute approximate surface area is 226 Å². The third-order valence-corrected chi connectivity index (χ3v) is 8.24. The van der Waals surface area contributed by atoms with Crippen molar-refractivity contribution in [2.24, 2.45) is 0 Å². The highest BCUT2D eigenvalue weighted by molar-refractivity contribution is 7.53. The molecule has 0 N–H and O–H groups in total. The van der Waals surface area contributed by atoms with E-state index < -0.39 is 17.4 Å². The number of hydrogen-bond acceptors (Lipinski definition) is 9. The number of hydrogen-bond donors (Lipinski definition) is 0. The molecule has 0 saturated carbocycles. The van der Waals surface area contributed by atoms with Crippen LogP contribution in [0.5, 0.6) is 0 Å². The van der Waals surface area contributed by atoms with Gasteiger partial charge in [-0.2, -0.15) is 0 Å². The number of nitro groups is 2. The Hall–Kier alpha value is -3.50. The normalized spacial score (nSPS) is 16.6. The van der Waals surface area contributed by atoms with Gasteiger partial charge < -0.3 is 9.05 Å². The van der Waals surface area contributed by atoms with Crippen molar-refractivity contribution in [2.75, 3.05) is 39.0 Å². The standard InChI is InChI=1S/C27H32N3O8P/c1-3-37-39(36,38-4-2)16-6-5-15-28-19-23(17-21-7-11-25(12-8-21)29(32)33)27(31)24(20-28)18-22-9-13-26(14-10-22)30(34)35/h7-14,17-18H,3-6,15-16,19-20H2,1-2H3/b23-17+,24-18+. The number of carbonyl (C=O) groups is 1. The summed E-state index contributed by atoms with van der Waals surface area (Å²) in [5.74, 6) is -0.153. The number of carbonyl (C=O) groups excluding carboxylic acids is 1. The molecule has 208 valence electrons. The largest absolute Gasteiger partial charge is 0.330 e. The van der Waals surface area contributed by atoms with Gasteiger partial charge in [-0.3, -0.25) is 34.5 Å². The van der Waals surface area contributed by atoms with Crippen LogP contribution in [0.15, 0.2) is 59.7 Å². The lowest BCUT2D eigenvalue weighted by atomic mass is 9.94. The van der Waals surface area contributed by atoms with Gasteiger partial charge in [0.25, 0.3) is 11.4 Å². The molecule has 2 aromatic rings. The number of unbranched alkanes of at least 4 members (excludes halogenated alkanes) is 1. The van der Waals surface area contributed by atoms with E-state index in [1.165, 1.54) is 24.3 Å². The molecule has 2 aromatic carbocycles. The number of Topliss-reactive ketones (excluding diaryl/α,β-unsaturated/α-hetero) is 1. The molecule has 1 saturated heterocycles. The summed E-state index contributed by atoms with van der Waals surface area (Å²) in [4.78, 5) is 36.5. The third kappa shape index (κ3) is 8.76. The fourth-order valence-electron chi connectivity index (χ4n) is 4.26. The number of likely N-dealkylation sites (tertiary alicyclic amines) is 1. The van der Waals surface area contributed by atoms with Gasteiger partial charge in [0.2, 0.25) is 0 Å². The molecule has 1 aliphatic heterocycles. The van der Waals surface area contributed by atoms with E-state index in [2.05, 4.69) is 4.90 Å². The van der Waals surface area contributed by atoms with E-state index in [0.717, 1.165) is 0 Å². The summed E-state index contributed by atoms with van der Waals surface area (Å²) >= 11 is 0. The van der Waals surface area contributed by atoms with Gasteiger partial charge in [-0.25, -0.2) is 0 Å². The van der Waals surface area contributed by atoms with Crippen LogP contribution < -0.4 is 0 Å². The molecule has 3 rings (SSSR count). The van der Waals surface area contributed by atoms with Gasteiger partial charge in [-0.1, -0.05) is 0 Å². The van der Waals surface area contributed by atoms with Crippen LogP contribution in [0.1, 0.15) is 37.8 Å². The van der Waals surface area contributed by atoms with Crippen LogP contribution in [0.4, 0.5) is 11.4 Å². The first-order valence-corrected chi connectivity index (χ1v) is 14.4. The number of nitrogens with zero attached hydrogens (tertiary/aromatic N) is 3. The van der Waals surface area contributed by atoms with E-state index in [9.17, 15) is 29.6 Å². The Morgan fingerprint density at radius 2 is 1.26 bits per heavy atom. The predicted octanol–water partition coefficient (Wildman–Crippen LogP) is 5.90. The van der Waals surface area contributed by atoms with Crippen molar-refractivity contribution in [1.29, 1.82) is 0 Å². The first-order chi connectivity index (χ1) is 18.6. The van der Waals surface area contributed by atoms with Crippen molar-refractivity contribution in [2.45, 2.75) is 26.7 Å². The van der Waals surface area contributed by atoms with Crippen LogP contribution in [0.3, 0.4) is 0 Å². The first-order valence-electron chi connectivity index (χ1n) is 12.7.